The van der Waals surface area contributed by atoms with Crippen molar-refractivity contribution in [2.24, 2.45) is 11.8 Å². The Kier molecular flexibility index (Phi) is 7.48. The molecule has 0 aromatic heterocycles. The fraction of sp³-hybridized carbons (Fsp3) is 1.00. The first-order chi connectivity index (χ1) is 10.2. The van der Waals surface area contributed by atoms with Crippen LogP contribution in [0, 0.1) is 11.8 Å². The predicted molar refractivity (Wildman–Crippen MR) is 89.5 cm³/mol. The second-order valence-electron chi connectivity index (χ2n) is 7.41. The smallest absolute Gasteiger partial charge is 0.0540 e. The third-order valence-electron chi connectivity index (χ3n) is 5.40. The summed E-state index contributed by atoms with van der Waals surface area (Å²) in [6.45, 7) is 9.18. The molecule has 3 unspecified atom stereocenters. The van der Waals surface area contributed by atoms with Gasteiger partial charge in [0.05, 0.1) is 6.10 Å². The summed E-state index contributed by atoms with van der Waals surface area (Å²) < 4.78 is 0. The largest absolute Gasteiger partial charge is 0.393 e. The van der Waals surface area contributed by atoms with Crippen LogP contribution in [0.3, 0.4) is 0 Å². The van der Waals surface area contributed by atoms with Gasteiger partial charge in [-0.1, -0.05) is 26.7 Å². The Morgan fingerprint density at radius 2 is 1.90 bits per heavy atom. The van der Waals surface area contributed by atoms with Crippen molar-refractivity contribution in [2.75, 3.05) is 26.2 Å². The van der Waals surface area contributed by atoms with Crippen LogP contribution in [-0.4, -0.2) is 48.3 Å². The number of piperidine rings is 1. The quantitative estimate of drug-likeness (QED) is 0.723. The topological polar surface area (TPSA) is 35.5 Å². The van der Waals surface area contributed by atoms with Crippen molar-refractivity contribution in [1.29, 1.82) is 0 Å². The van der Waals surface area contributed by atoms with E-state index in [-0.39, 0.29) is 6.10 Å². The molecule has 0 aromatic carbocycles. The average molecular weight is 296 g/mol. The lowest BCUT2D eigenvalue weighted by Crippen LogP contribution is -2.50. The van der Waals surface area contributed by atoms with Gasteiger partial charge in [0.25, 0.3) is 0 Å². The van der Waals surface area contributed by atoms with Gasteiger partial charge in [-0.05, 0) is 63.5 Å². The molecular formula is C18H36N2O. The standard InChI is InChI=1S/C18H36N2O/c1-3-9-20-13-16(11-18(21)4-2)10-17(14-20)19-12-15-7-5-6-8-15/h15-19,21H,3-14H2,1-2H3. The van der Waals surface area contributed by atoms with Crippen molar-refractivity contribution in [3.05, 3.63) is 0 Å². The van der Waals surface area contributed by atoms with Crippen molar-refractivity contribution < 1.29 is 5.11 Å². The van der Waals surface area contributed by atoms with E-state index in [1.165, 1.54) is 64.7 Å². The summed E-state index contributed by atoms with van der Waals surface area (Å²) in [6.07, 6.45) is 9.99. The summed E-state index contributed by atoms with van der Waals surface area (Å²) in [5.74, 6) is 1.59. The molecule has 0 aromatic rings. The maximum Gasteiger partial charge on any atom is 0.0540 e. The second-order valence-corrected chi connectivity index (χ2v) is 7.41. The van der Waals surface area contributed by atoms with Gasteiger partial charge in [-0.2, -0.15) is 0 Å². The number of nitrogens with zero attached hydrogens (tertiary/aromatic N) is 1. The fourth-order valence-electron chi connectivity index (χ4n) is 4.22. The number of aliphatic hydroxyl groups is 1. The molecule has 21 heavy (non-hydrogen) atoms. The van der Waals surface area contributed by atoms with Crippen molar-refractivity contribution in [3.63, 3.8) is 0 Å². The number of rotatable bonds is 8. The minimum absolute atomic E-state index is 0.105. The number of nitrogens with one attached hydrogen (secondary N) is 1. The molecule has 124 valence electrons. The molecule has 2 fully saturated rings. The molecule has 3 nitrogen and oxygen atoms in total. The summed E-state index contributed by atoms with van der Waals surface area (Å²) in [4.78, 5) is 2.61. The maximum absolute atomic E-state index is 9.98. The molecular weight excluding hydrogens is 260 g/mol. The van der Waals surface area contributed by atoms with E-state index in [0.29, 0.717) is 12.0 Å². The first-order valence-electron chi connectivity index (χ1n) is 9.35. The first kappa shape index (κ1) is 17.2. The fourth-order valence-corrected chi connectivity index (χ4v) is 4.22. The van der Waals surface area contributed by atoms with E-state index in [0.717, 1.165) is 18.8 Å². The Morgan fingerprint density at radius 1 is 1.14 bits per heavy atom. The Bertz CT molecular complexity index is 278. The van der Waals surface area contributed by atoms with E-state index >= 15 is 0 Å². The Hall–Kier alpha value is -0.120. The minimum Gasteiger partial charge on any atom is -0.393 e. The average Bonchev–Trinajstić information content (AvgIpc) is 2.98. The van der Waals surface area contributed by atoms with Gasteiger partial charge in [0.15, 0.2) is 0 Å². The van der Waals surface area contributed by atoms with Crippen LogP contribution in [0.4, 0.5) is 0 Å². The lowest BCUT2D eigenvalue weighted by Gasteiger charge is -2.39. The van der Waals surface area contributed by atoms with Crippen LogP contribution < -0.4 is 5.32 Å². The molecule has 0 bridgehead atoms. The molecule has 1 aliphatic carbocycles. The van der Waals surface area contributed by atoms with Crippen molar-refractivity contribution >= 4 is 0 Å². The highest BCUT2D eigenvalue weighted by molar-refractivity contribution is 4.85. The van der Waals surface area contributed by atoms with E-state index in [1.54, 1.807) is 0 Å². The highest BCUT2D eigenvalue weighted by Crippen LogP contribution is 2.26. The van der Waals surface area contributed by atoms with E-state index in [2.05, 4.69) is 24.1 Å². The van der Waals surface area contributed by atoms with Crippen molar-refractivity contribution in [3.8, 4) is 0 Å². The van der Waals surface area contributed by atoms with E-state index in [1.807, 2.05) is 0 Å². The molecule has 2 N–H and O–H groups in total. The SMILES string of the molecule is CCCN1CC(CC(O)CC)CC(NCC2CCCC2)C1. The Morgan fingerprint density at radius 3 is 2.57 bits per heavy atom. The van der Waals surface area contributed by atoms with Crippen molar-refractivity contribution in [2.45, 2.75) is 77.4 Å². The Labute approximate surface area is 131 Å². The molecule has 1 heterocycles. The van der Waals surface area contributed by atoms with Gasteiger partial charge in [0, 0.05) is 19.1 Å². The summed E-state index contributed by atoms with van der Waals surface area (Å²) in [5.41, 5.74) is 0. The molecule has 2 aliphatic rings. The van der Waals surface area contributed by atoms with Gasteiger partial charge >= 0.3 is 0 Å². The van der Waals surface area contributed by atoms with Crippen LogP contribution in [0.1, 0.15) is 65.2 Å². The summed E-state index contributed by atoms with van der Waals surface area (Å²) in [7, 11) is 0. The third-order valence-corrected chi connectivity index (χ3v) is 5.40. The minimum atomic E-state index is -0.105. The van der Waals surface area contributed by atoms with Gasteiger partial charge in [-0.15, -0.1) is 0 Å². The van der Waals surface area contributed by atoms with E-state index in [9.17, 15) is 5.11 Å². The molecule has 2 rings (SSSR count). The van der Waals surface area contributed by atoms with E-state index < -0.39 is 0 Å². The van der Waals surface area contributed by atoms with Gasteiger partial charge in [0.2, 0.25) is 0 Å². The maximum atomic E-state index is 9.98. The van der Waals surface area contributed by atoms with Crippen LogP contribution in [0.25, 0.3) is 0 Å². The van der Waals surface area contributed by atoms with Crippen LogP contribution in [-0.2, 0) is 0 Å². The van der Waals surface area contributed by atoms with Gasteiger partial charge in [-0.25, -0.2) is 0 Å². The van der Waals surface area contributed by atoms with Crippen LogP contribution in [0.2, 0.25) is 0 Å². The zero-order valence-electron chi connectivity index (χ0n) is 14.2. The van der Waals surface area contributed by atoms with Gasteiger partial charge < -0.3 is 15.3 Å². The van der Waals surface area contributed by atoms with Crippen LogP contribution >= 0.6 is 0 Å². The van der Waals surface area contributed by atoms with Gasteiger partial charge in [0.1, 0.15) is 0 Å². The van der Waals surface area contributed by atoms with Crippen LogP contribution in [0.15, 0.2) is 0 Å². The number of likely N-dealkylation sites (tertiary alicyclic amines) is 1. The molecule has 1 saturated heterocycles. The second kappa shape index (κ2) is 9.12. The number of hydrogen-bond donors (Lipinski definition) is 2. The highest BCUT2D eigenvalue weighted by Gasteiger charge is 2.28. The molecule has 0 amide bonds. The molecule has 1 aliphatic heterocycles. The summed E-state index contributed by atoms with van der Waals surface area (Å²) in [5, 5.41) is 13.8. The molecule has 1 saturated carbocycles. The first-order valence-corrected chi connectivity index (χ1v) is 9.35. The van der Waals surface area contributed by atoms with Crippen LogP contribution in [0.5, 0.6) is 0 Å². The number of hydrogen-bond acceptors (Lipinski definition) is 3. The molecule has 0 radical (unpaired) electrons. The lowest BCUT2D eigenvalue weighted by molar-refractivity contribution is 0.0830. The zero-order valence-corrected chi connectivity index (χ0v) is 14.2. The molecule has 3 heteroatoms. The lowest BCUT2D eigenvalue weighted by atomic mass is 9.88. The van der Waals surface area contributed by atoms with E-state index in [4.69, 9.17) is 0 Å². The Balaban J connectivity index is 1.80. The molecule has 0 spiro atoms. The highest BCUT2D eigenvalue weighted by atomic mass is 16.3. The van der Waals surface area contributed by atoms with Gasteiger partial charge in [-0.3, -0.25) is 0 Å². The summed E-state index contributed by atoms with van der Waals surface area (Å²) >= 11 is 0. The summed E-state index contributed by atoms with van der Waals surface area (Å²) in [6, 6.07) is 0.639. The monoisotopic (exact) mass is 296 g/mol. The van der Waals surface area contributed by atoms with Crippen molar-refractivity contribution in [1.82, 2.24) is 10.2 Å². The molecule has 3 atom stereocenters. The number of aliphatic hydroxyl groups excluding tert-OH is 1. The normalized spacial score (nSPS) is 29.9. The zero-order chi connectivity index (χ0) is 15.1. The predicted octanol–water partition coefficient (Wildman–Crippen LogP) is 3.03. The third kappa shape index (κ3) is 5.88.